The number of benzene rings is 4. The van der Waals surface area contributed by atoms with Crippen LogP contribution in [0.5, 0.6) is 0 Å². The van der Waals surface area contributed by atoms with E-state index in [0.29, 0.717) is 0 Å². The maximum absolute atomic E-state index is 2.35. The SMILES string of the molecule is CCC1(CC)c2c(ccc3ccccc23)-c2ccc3ccccc3c21. The number of fused-ring (bicyclic) bond motifs is 7. The third kappa shape index (κ3) is 1.77. The van der Waals surface area contributed by atoms with Gasteiger partial charge in [0.2, 0.25) is 0 Å². The van der Waals surface area contributed by atoms with Gasteiger partial charge in [-0.05, 0) is 56.6 Å². The molecule has 0 unspecified atom stereocenters. The summed E-state index contributed by atoms with van der Waals surface area (Å²) >= 11 is 0. The highest BCUT2D eigenvalue weighted by Gasteiger charge is 2.42. The van der Waals surface area contributed by atoms with Crippen LogP contribution in [0.15, 0.2) is 72.8 Å². The molecule has 4 aromatic rings. The van der Waals surface area contributed by atoms with Crippen molar-refractivity contribution >= 4 is 21.5 Å². The lowest BCUT2D eigenvalue weighted by Gasteiger charge is -2.31. The molecule has 0 saturated carbocycles. The fourth-order valence-electron chi connectivity index (χ4n) is 5.11. The van der Waals surface area contributed by atoms with E-state index in [1.807, 2.05) is 0 Å². The van der Waals surface area contributed by atoms with Crippen LogP contribution in [-0.2, 0) is 5.41 Å². The number of hydrogen-bond donors (Lipinski definition) is 0. The van der Waals surface area contributed by atoms with Gasteiger partial charge in [-0.1, -0.05) is 86.6 Å². The highest BCUT2D eigenvalue weighted by molar-refractivity contribution is 6.03. The molecule has 0 saturated heterocycles. The van der Waals surface area contributed by atoms with Gasteiger partial charge < -0.3 is 0 Å². The lowest BCUT2D eigenvalue weighted by atomic mass is 9.71. The first-order valence-corrected chi connectivity index (χ1v) is 9.35. The standard InChI is InChI=1S/C25H22/c1-3-25(4-2)23-19-11-7-5-9-17(19)13-15-21(23)22-16-14-18-10-6-8-12-20(18)24(22)25/h5-16H,3-4H2,1-2H3. The molecular formula is C25H22. The van der Waals surface area contributed by atoms with Gasteiger partial charge in [0.1, 0.15) is 0 Å². The molecule has 0 bridgehead atoms. The van der Waals surface area contributed by atoms with Crippen LogP contribution in [-0.4, -0.2) is 0 Å². The average Bonchev–Trinajstić information content (AvgIpc) is 2.99. The lowest BCUT2D eigenvalue weighted by Crippen LogP contribution is -2.23. The average molecular weight is 322 g/mol. The van der Waals surface area contributed by atoms with Gasteiger partial charge in [0.15, 0.2) is 0 Å². The molecular weight excluding hydrogens is 300 g/mol. The second kappa shape index (κ2) is 5.20. The van der Waals surface area contributed by atoms with Gasteiger partial charge in [-0.25, -0.2) is 0 Å². The lowest BCUT2D eigenvalue weighted by molar-refractivity contribution is 0.498. The van der Waals surface area contributed by atoms with Crippen LogP contribution in [0.4, 0.5) is 0 Å². The summed E-state index contributed by atoms with van der Waals surface area (Å²) in [6.45, 7) is 4.71. The summed E-state index contributed by atoms with van der Waals surface area (Å²) in [7, 11) is 0. The number of hydrogen-bond acceptors (Lipinski definition) is 0. The highest BCUT2D eigenvalue weighted by Crippen LogP contribution is 2.56. The molecule has 0 aromatic heterocycles. The quantitative estimate of drug-likeness (QED) is 0.370. The zero-order valence-corrected chi connectivity index (χ0v) is 14.8. The first-order valence-electron chi connectivity index (χ1n) is 9.35. The zero-order valence-electron chi connectivity index (χ0n) is 14.8. The summed E-state index contributed by atoms with van der Waals surface area (Å²) in [5, 5.41) is 5.54. The first-order chi connectivity index (χ1) is 12.3. The van der Waals surface area contributed by atoms with Crippen LogP contribution in [0.3, 0.4) is 0 Å². The maximum Gasteiger partial charge on any atom is 0.0222 e. The van der Waals surface area contributed by atoms with Crippen LogP contribution in [0.1, 0.15) is 37.8 Å². The van der Waals surface area contributed by atoms with Gasteiger partial charge in [-0.3, -0.25) is 0 Å². The molecule has 0 heteroatoms. The van der Waals surface area contributed by atoms with Gasteiger partial charge in [0, 0.05) is 5.41 Å². The van der Waals surface area contributed by atoms with Crippen LogP contribution in [0.2, 0.25) is 0 Å². The van der Waals surface area contributed by atoms with Crippen LogP contribution in [0.25, 0.3) is 32.7 Å². The molecule has 0 aliphatic heterocycles. The molecule has 0 fully saturated rings. The molecule has 25 heavy (non-hydrogen) atoms. The van der Waals surface area contributed by atoms with Crippen LogP contribution in [0, 0.1) is 0 Å². The second-order valence-electron chi connectivity index (χ2n) is 7.21. The van der Waals surface area contributed by atoms with Crippen molar-refractivity contribution in [1.82, 2.24) is 0 Å². The van der Waals surface area contributed by atoms with Crippen molar-refractivity contribution in [1.29, 1.82) is 0 Å². The predicted octanol–water partition coefficient (Wildman–Crippen LogP) is 7.08. The Kier molecular flexibility index (Phi) is 3.06. The van der Waals surface area contributed by atoms with E-state index in [1.165, 1.54) is 32.7 Å². The predicted molar refractivity (Wildman–Crippen MR) is 108 cm³/mol. The molecule has 1 aliphatic carbocycles. The molecule has 0 N–H and O–H groups in total. The van der Waals surface area contributed by atoms with E-state index < -0.39 is 0 Å². The Morgan fingerprint density at radius 3 is 1.44 bits per heavy atom. The van der Waals surface area contributed by atoms with Crippen molar-refractivity contribution in [3.05, 3.63) is 83.9 Å². The van der Waals surface area contributed by atoms with Gasteiger partial charge in [-0.2, -0.15) is 0 Å². The Morgan fingerprint density at radius 1 is 0.560 bits per heavy atom. The monoisotopic (exact) mass is 322 g/mol. The molecule has 0 atom stereocenters. The summed E-state index contributed by atoms with van der Waals surface area (Å²) in [4.78, 5) is 0. The van der Waals surface area contributed by atoms with E-state index in [2.05, 4.69) is 86.6 Å². The normalized spacial score (nSPS) is 14.6. The van der Waals surface area contributed by atoms with Gasteiger partial charge in [-0.15, -0.1) is 0 Å². The van der Waals surface area contributed by atoms with E-state index in [9.17, 15) is 0 Å². The molecule has 0 nitrogen and oxygen atoms in total. The third-order valence-electron chi connectivity index (χ3n) is 6.31. The van der Waals surface area contributed by atoms with Crippen LogP contribution >= 0.6 is 0 Å². The summed E-state index contributed by atoms with van der Waals surface area (Å²) in [5.41, 5.74) is 6.06. The molecule has 122 valence electrons. The van der Waals surface area contributed by atoms with Gasteiger partial charge >= 0.3 is 0 Å². The van der Waals surface area contributed by atoms with Gasteiger partial charge in [0.05, 0.1) is 0 Å². The van der Waals surface area contributed by atoms with E-state index in [1.54, 1.807) is 11.1 Å². The second-order valence-corrected chi connectivity index (χ2v) is 7.21. The Labute approximate surface area is 149 Å². The number of rotatable bonds is 2. The zero-order chi connectivity index (χ0) is 17.0. The van der Waals surface area contributed by atoms with E-state index in [4.69, 9.17) is 0 Å². The van der Waals surface area contributed by atoms with Crippen molar-refractivity contribution in [2.24, 2.45) is 0 Å². The van der Waals surface area contributed by atoms with E-state index in [-0.39, 0.29) is 5.41 Å². The minimum absolute atomic E-state index is 0.104. The summed E-state index contributed by atoms with van der Waals surface area (Å²) < 4.78 is 0. The Hall–Kier alpha value is -2.60. The molecule has 5 rings (SSSR count). The molecule has 0 heterocycles. The highest BCUT2D eigenvalue weighted by atomic mass is 14.4. The third-order valence-corrected chi connectivity index (χ3v) is 6.31. The molecule has 1 aliphatic rings. The van der Waals surface area contributed by atoms with Crippen LogP contribution < -0.4 is 0 Å². The van der Waals surface area contributed by atoms with E-state index >= 15 is 0 Å². The van der Waals surface area contributed by atoms with Gasteiger partial charge in [0.25, 0.3) is 0 Å². The van der Waals surface area contributed by atoms with E-state index in [0.717, 1.165) is 12.8 Å². The molecule has 0 spiro atoms. The fourth-order valence-corrected chi connectivity index (χ4v) is 5.11. The minimum Gasteiger partial charge on any atom is -0.0642 e. The summed E-state index contributed by atoms with van der Waals surface area (Å²) in [6, 6.07) is 27.0. The fraction of sp³-hybridized carbons (Fsp3) is 0.200. The summed E-state index contributed by atoms with van der Waals surface area (Å²) in [6.07, 6.45) is 2.26. The Balaban J connectivity index is 2.01. The minimum atomic E-state index is 0.104. The van der Waals surface area contributed by atoms with Crippen molar-refractivity contribution in [3.63, 3.8) is 0 Å². The maximum atomic E-state index is 2.35. The Morgan fingerprint density at radius 2 is 1.00 bits per heavy atom. The first kappa shape index (κ1) is 14.7. The largest absolute Gasteiger partial charge is 0.0642 e. The topological polar surface area (TPSA) is 0 Å². The molecule has 4 aromatic carbocycles. The van der Waals surface area contributed by atoms with Crippen molar-refractivity contribution in [2.45, 2.75) is 32.1 Å². The smallest absolute Gasteiger partial charge is 0.0222 e. The molecule has 0 radical (unpaired) electrons. The molecule has 0 amide bonds. The van der Waals surface area contributed by atoms with Crippen molar-refractivity contribution < 1.29 is 0 Å². The summed E-state index contributed by atoms with van der Waals surface area (Å²) in [5.74, 6) is 0. The van der Waals surface area contributed by atoms with Crippen molar-refractivity contribution in [2.75, 3.05) is 0 Å². The van der Waals surface area contributed by atoms with Crippen molar-refractivity contribution in [3.8, 4) is 11.1 Å². The Bertz CT molecular complexity index is 1030.